The van der Waals surface area contributed by atoms with Crippen molar-refractivity contribution in [3.8, 4) is 0 Å². The predicted octanol–water partition coefficient (Wildman–Crippen LogP) is 4.01. The zero-order valence-electron chi connectivity index (χ0n) is 11.7. The first-order chi connectivity index (χ1) is 9.61. The van der Waals surface area contributed by atoms with Crippen LogP contribution in [0.2, 0.25) is 10.0 Å². The summed E-state index contributed by atoms with van der Waals surface area (Å²) in [6, 6.07) is 6.09. The Hall–Kier alpha value is -1.03. The maximum absolute atomic E-state index is 6.08. The minimum absolute atomic E-state index is 0.282. The highest BCUT2D eigenvalue weighted by Crippen LogP contribution is 2.26. The fourth-order valence-corrected chi connectivity index (χ4v) is 2.53. The van der Waals surface area contributed by atoms with Crippen LogP contribution in [0.4, 0.5) is 0 Å². The highest BCUT2D eigenvalue weighted by Gasteiger charge is 2.10. The van der Waals surface area contributed by atoms with Gasteiger partial charge in [-0.2, -0.15) is 0 Å². The molecule has 0 aliphatic heterocycles. The molecule has 3 nitrogen and oxygen atoms in total. The lowest BCUT2D eigenvalue weighted by molar-refractivity contribution is 0.516. The van der Waals surface area contributed by atoms with E-state index in [4.69, 9.17) is 23.2 Å². The van der Waals surface area contributed by atoms with E-state index in [9.17, 15) is 0 Å². The molecule has 1 N–H and O–H groups in total. The van der Waals surface area contributed by atoms with Crippen molar-refractivity contribution in [1.82, 2.24) is 14.9 Å². The van der Waals surface area contributed by atoms with E-state index in [1.165, 1.54) is 5.56 Å². The second kappa shape index (κ2) is 7.11. The van der Waals surface area contributed by atoms with Gasteiger partial charge in [-0.25, -0.2) is 4.98 Å². The van der Waals surface area contributed by atoms with Gasteiger partial charge in [0.2, 0.25) is 0 Å². The van der Waals surface area contributed by atoms with Gasteiger partial charge in [0, 0.05) is 38.4 Å². The van der Waals surface area contributed by atoms with E-state index in [-0.39, 0.29) is 6.04 Å². The zero-order valence-corrected chi connectivity index (χ0v) is 13.2. The summed E-state index contributed by atoms with van der Waals surface area (Å²) < 4.78 is 2.04. The van der Waals surface area contributed by atoms with Gasteiger partial charge in [0.1, 0.15) is 5.82 Å². The quantitative estimate of drug-likeness (QED) is 0.873. The molecule has 0 amide bonds. The summed E-state index contributed by atoms with van der Waals surface area (Å²) in [6.07, 6.45) is 5.69. The molecule has 0 aliphatic carbocycles. The zero-order chi connectivity index (χ0) is 14.5. The molecule has 0 saturated carbocycles. The first-order valence-electron chi connectivity index (χ1n) is 6.76. The number of aromatic nitrogens is 2. The third-order valence-electron chi connectivity index (χ3n) is 3.41. The average Bonchev–Trinajstić information content (AvgIpc) is 2.84. The van der Waals surface area contributed by atoms with Crippen molar-refractivity contribution < 1.29 is 0 Å². The number of hydrogen-bond acceptors (Lipinski definition) is 2. The van der Waals surface area contributed by atoms with Crippen LogP contribution in [0.3, 0.4) is 0 Å². The van der Waals surface area contributed by atoms with Crippen LogP contribution < -0.4 is 5.32 Å². The highest BCUT2D eigenvalue weighted by molar-refractivity contribution is 6.42. The first-order valence-corrected chi connectivity index (χ1v) is 7.52. The molecule has 2 rings (SSSR count). The summed E-state index contributed by atoms with van der Waals surface area (Å²) in [5.41, 5.74) is 1.17. The average molecular weight is 312 g/mol. The molecule has 0 spiro atoms. The van der Waals surface area contributed by atoms with Gasteiger partial charge in [0.05, 0.1) is 10.0 Å². The van der Waals surface area contributed by atoms with E-state index < -0.39 is 0 Å². The number of halogens is 2. The number of benzene rings is 1. The van der Waals surface area contributed by atoms with Crippen molar-refractivity contribution in [3.05, 3.63) is 52.0 Å². The monoisotopic (exact) mass is 311 g/mol. The molecule has 5 heteroatoms. The number of nitrogens with zero attached hydrogens (tertiary/aromatic N) is 2. The Bertz CT molecular complexity index is 566. The smallest absolute Gasteiger partial charge is 0.109 e. The fraction of sp³-hybridized carbons (Fsp3) is 0.400. The molecule has 0 saturated heterocycles. The number of imidazole rings is 1. The van der Waals surface area contributed by atoms with Crippen LogP contribution in [0, 0.1) is 0 Å². The van der Waals surface area contributed by atoms with Gasteiger partial charge >= 0.3 is 0 Å². The molecular formula is C15H19Cl2N3. The van der Waals surface area contributed by atoms with Gasteiger partial charge in [-0.15, -0.1) is 0 Å². The van der Waals surface area contributed by atoms with Crippen molar-refractivity contribution in [1.29, 1.82) is 0 Å². The number of aryl methyl sites for hydroxylation is 1. The lowest BCUT2D eigenvalue weighted by Gasteiger charge is -2.18. The Morgan fingerprint density at radius 3 is 2.70 bits per heavy atom. The van der Waals surface area contributed by atoms with Gasteiger partial charge in [0.15, 0.2) is 0 Å². The van der Waals surface area contributed by atoms with Crippen LogP contribution in [0.25, 0.3) is 0 Å². The van der Waals surface area contributed by atoms with E-state index in [0.717, 1.165) is 25.2 Å². The van der Waals surface area contributed by atoms with Crippen molar-refractivity contribution in [2.24, 2.45) is 7.05 Å². The summed E-state index contributed by atoms with van der Waals surface area (Å²) in [7, 11) is 2.01. The number of nitrogens with one attached hydrogen (secondary N) is 1. The summed E-state index contributed by atoms with van der Waals surface area (Å²) in [5, 5.41) is 4.74. The molecule has 1 atom stereocenters. The highest BCUT2D eigenvalue weighted by atomic mass is 35.5. The third kappa shape index (κ3) is 3.75. The lowest BCUT2D eigenvalue weighted by Crippen LogP contribution is -2.24. The van der Waals surface area contributed by atoms with E-state index in [0.29, 0.717) is 10.0 Å². The largest absolute Gasteiger partial charge is 0.338 e. The van der Waals surface area contributed by atoms with Gasteiger partial charge in [-0.3, -0.25) is 0 Å². The SMILES string of the molecule is CCC(NCCc1nccn1C)c1ccc(Cl)c(Cl)c1. The molecule has 20 heavy (non-hydrogen) atoms. The number of rotatable bonds is 6. The molecule has 1 aromatic carbocycles. The summed E-state index contributed by atoms with van der Waals surface area (Å²) in [4.78, 5) is 4.32. The Kier molecular flexibility index (Phi) is 5.46. The minimum Gasteiger partial charge on any atom is -0.338 e. The molecular weight excluding hydrogens is 293 g/mol. The van der Waals surface area contributed by atoms with Gasteiger partial charge in [0.25, 0.3) is 0 Å². The Balaban J connectivity index is 1.95. The Morgan fingerprint density at radius 2 is 2.10 bits per heavy atom. The van der Waals surface area contributed by atoms with E-state index in [1.54, 1.807) is 0 Å². The molecule has 1 unspecified atom stereocenters. The van der Waals surface area contributed by atoms with Crippen LogP contribution in [0.15, 0.2) is 30.6 Å². The summed E-state index contributed by atoms with van der Waals surface area (Å²) >= 11 is 12.0. The molecule has 0 radical (unpaired) electrons. The van der Waals surface area contributed by atoms with Crippen LogP contribution in [-0.2, 0) is 13.5 Å². The van der Waals surface area contributed by atoms with E-state index in [1.807, 2.05) is 42.2 Å². The number of hydrogen-bond donors (Lipinski definition) is 1. The van der Waals surface area contributed by atoms with Gasteiger partial charge < -0.3 is 9.88 Å². The predicted molar refractivity (Wildman–Crippen MR) is 84.4 cm³/mol. The van der Waals surface area contributed by atoms with Crippen molar-refractivity contribution in [2.45, 2.75) is 25.8 Å². The molecule has 0 fully saturated rings. The van der Waals surface area contributed by atoms with Crippen molar-refractivity contribution >= 4 is 23.2 Å². The molecule has 1 aromatic heterocycles. The summed E-state index contributed by atoms with van der Waals surface area (Å²) in [6.45, 7) is 3.03. The van der Waals surface area contributed by atoms with Crippen LogP contribution in [0.5, 0.6) is 0 Å². The summed E-state index contributed by atoms with van der Waals surface area (Å²) in [5.74, 6) is 1.08. The van der Waals surface area contributed by atoms with E-state index in [2.05, 4.69) is 17.2 Å². The van der Waals surface area contributed by atoms with Crippen LogP contribution in [0.1, 0.15) is 30.8 Å². The molecule has 0 bridgehead atoms. The fourth-order valence-electron chi connectivity index (χ4n) is 2.22. The second-order valence-corrected chi connectivity index (χ2v) is 5.61. The maximum Gasteiger partial charge on any atom is 0.109 e. The lowest BCUT2D eigenvalue weighted by atomic mass is 10.0. The second-order valence-electron chi connectivity index (χ2n) is 4.79. The van der Waals surface area contributed by atoms with Gasteiger partial charge in [-0.1, -0.05) is 36.2 Å². The van der Waals surface area contributed by atoms with Crippen LogP contribution >= 0.6 is 23.2 Å². The van der Waals surface area contributed by atoms with Gasteiger partial charge in [-0.05, 0) is 24.1 Å². The topological polar surface area (TPSA) is 29.9 Å². The van der Waals surface area contributed by atoms with Crippen LogP contribution in [-0.4, -0.2) is 16.1 Å². The molecule has 2 aromatic rings. The normalized spacial score (nSPS) is 12.6. The first kappa shape index (κ1) is 15.4. The Morgan fingerprint density at radius 1 is 1.30 bits per heavy atom. The van der Waals surface area contributed by atoms with E-state index >= 15 is 0 Å². The third-order valence-corrected chi connectivity index (χ3v) is 4.15. The Labute approximate surface area is 129 Å². The molecule has 1 heterocycles. The van der Waals surface area contributed by atoms with Crippen molar-refractivity contribution in [2.75, 3.05) is 6.54 Å². The standard InChI is InChI=1S/C15H19Cl2N3/c1-3-14(11-4-5-12(16)13(17)10-11)18-7-6-15-19-8-9-20(15)2/h4-5,8-10,14,18H,3,6-7H2,1-2H3. The maximum atomic E-state index is 6.08. The molecule has 0 aliphatic rings. The van der Waals surface area contributed by atoms with Crippen molar-refractivity contribution in [3.63, 3.8) is 0 Å². The molecule has 108 valence electrons. The minimum atomic E-state index is 0.282.